The van der Waals surface area contributed by atoms with Crippen LogP contribution < -0.4 is 11.1 Å². The van der Waals surface area contributed by atoms with Crippen molar-refractivity contribution in [1.29, 1.82) is 0 Å². The molecule has 0 aliphatic rings. The largest absolute Gasteiger partial charge is 0.506 e. The molecule has 0 aromatic heterocycles. The van der Waals surface area contributed by atoms with Crippen molar-refractivity contribution >= 4 is 69.5 Å². The first-order chi connectivity index (χ1) is 8.85. The van der Waals surface area contributed by atoms with Crippen LogP contribution in [-0.4, -0.2) is 28.6 Å². The molecule has 1 aromatic carbocycles. The lowest BCUT2D eigenvalue weighted by Crippen LogP contribution is -2.35. The van der Waals surface area contributed by atoms with Gasteiger partial charge < -0.3 is 21.3 Å². The van der Waals surface area contributed by atoms with Crippen LogP contribution in [0.15, 0.2) is 12.1 Å². The lowest BCUT2D eigenvalue weighted by molar-refractivity contribution is -0.137. The van der Waals surface area contributed by atoms with Crippen molar-refractivity contribution in [3.8, 4) is 5.75 Å². The van der Waals surface area contributed by atoms with Crippen molar-refractivity contribution in [2.24, 2.45) is 5.73 Å². The number of hydrogen-bond donors (Lipinski definition) is 4. The third-order valence-corrected chi connectivity index (χ3v) is 3.78. The van der Waals surface area contributed by atoms with E-state index in [4.69, 9.17) is 10.8 Å². The van der Waals surface area contributed by atoms with Crippen LogP contribution in [0.4, 0.5) is 0 Å². The van der Waals surface area contributed by atoms with Crippen molar-refractivity contribution < 1.29 is 21.2 Å². The minimum atomic E-state index is -1.07. The molecule has 9 heteroatoms. The lowest BCUT2D eigenvalue weighted by atomic mass is 10.0. The Hall–Kier alpha value is -0.330. The molecule has 1 aromatic rings. The number of benzene rings is 1. The first kappa shape index (κ1) is 19.7. The third kappa shape index (κ3) is 5.58. The zero-order valence-corrected chi connectivity index (χ0v) is 15.2. The van der Waals surface area contributed by atoms with Crippen LogP contribution >= 0.6 is 57.6 Å². The fourth-order valence-electron chi connectivity index (χ4n) is 1.52. The van der Waals surface area contributed by atoms with E-state index in [1.165, 1.54) is 0 Å². The number of phenols is 1. The van der Waals surface area contributed by atoms with Gasteiger partial charge in [0, 0.05) is 10.6 Å². The molecule has 0 unspecified atom stereocenters. The summed E-state index contributed by atoms with van der Waals surface area (Å²) in [6.07, 6.45) is -0.324. The van der Waals surface area contributed by atoms with Gasteiger partial charge in [0.15, 0.2) is 0 Å². The van der Waals surface area contributed by atoms with Gasteiger partial charge in [-0.05, 0) is 57.3 Å². The van der Waals surface area contributed by atoms with Gasteiger partial charge in [-0.2, -0.15) is 0 Å². The smallest absolute Gasteiger partial charge is 0.305 e. The highest BCUT2D eigenvalue weighted by molar-refractivity contribution is 14.1. The Morgan fingerprint density at radius 2 is 2.00 bits per heavy atom. The number of nitrogens with two attached hydrogens (primary N) is 1. The summed E-state index contributed by atoms with van der Waals surface area (Å²) in [7, 11) is 0. The summed E-state index contributed by atoms with van der Waals surface area (Å²) in [4.78, 5) is 22.2. The topological polar surface area (TPSA) is 113 Å². The van der Waals surface area contributed by atoms with Crippen LogP contribution in [0.5, 0.6) is 5.75 Å². The molecule has 0 spiro atoms. The van der Waals surface area contributed by atoms with Gasteiger partial charge >= 0.3 is 5.97 Å². The second-order valence-electron chi connectivity index (χ2n) is 3.75. The molecule has 0 bridgehead atoms. The van der Waals surface area contributed by atoms with E-state index in [9.17, 15) is 14.7 Å². The molecule has 1 atom stereocenters. The highest BCUT2D eigenvalue weighted by atomic mass is 127. The Kier molecular flexibility index (Phi) is 8.70. The van der Waals surface area contributed by atoms with Crippen LogP contribution in [0.1, 0.15) is 19.5 Å². The molecule has 0 radical (unpaired) electrons. The van der Waals surface area contributed by atoms with E-state index >= 15 is 0 Å². The number of carboxylic acid groups (broad SMARTS) is 1. The molecule has 114 valence electrons. The Bertz CT molecular complexity index is 519. The molecule has 0 aliphatic heterocycles. The maximum absolute atomic E-state index is 11.3. The molecular weight excluding hydrogens is 513 g/mol. The predicted molar refractivity (Wildman–Crippen MR) is 95.1 cm³/mol. The molecule has 1 amide bonds. The van der Waals surface area contributed by atoms with Crippen LogP contribution in [-0.2, 0) is 9.59 Å². The first-order valence-corrected chi connectivity index (χ1v) is 7.40. The normalized spacial score (nSPS) is 11.3. The summed E-state index contributed by atoms with van der Waals surface area (Å²) in [5.41, 5.74) is 5.58. The molecule has 0 saturated heterocycles. The zero-order valence-electron chi connectivity index (χ0n) is 10.1. The fourth-order valence-corrected chi connectivity index (χ4v) is 3.41. The lowest BCUT2D eigenvalue weighted by Gasteiger charge is -2.19. The summed E-state index contributed by atoms with van der Waals surface area (Å²) in [6, 6.07) is 2.59. The quantitative estimate of drug-likeness (QED) is 0.436. The minimum absolute atomic E-state index is 0. The van der Waals surface area contributed by atoms with Crippen molar-refractivity contribution in [2.75, 3.05) is 6.54 Å². The van der Waals surface area contributed by atoms with Gasteiger partial charge in [0.2, 0.25) is 5.91 Å². The van der Waals surface area contributed by atoms with E-state index < -0.39 is 17.9 Å². The van der Waals surface area contributed by atoms with Crippen LogP contribution in [0.3, 0.4) is 0 Å². The second kappa shape index (κ2) is 8.85. The summed E-state index contributed by atoms with van der Waals surface area (Å²) in [5.74, 6) is -1.57. The summed E-state index contributed by atoms with van der Waals surface area (Å²) in [6.45, 7) is -0.238. The Morgan fingerprint density at radius 3 is 2.50 bits per heavy atom. The van der Waals surface area contributed by atoms with Crippen LogP contribution in [0.25, 0.3) is 0 Å². The third-order valence-electron chi connectivity index (χ3n) is 2.33. The van der Waals surface area contributed by atoms with Crippen LogP contribution in [0.2, 0.25) is 0 Å². The molecule has 20 heavy (non-hydrogen) atoms. The number of nitrogens with one attached hydrogen (secondary N) is 1. The molecule has 0 saturated carbocycles. The van der Waals surface area contributed by atoms with E-state index in [1.807, 2.05) is 22.6 Å². The highest BCUT2D eigenvalue weighted by Crippen LogP contribution is 2.32. The number of carbonyl (C=O) groups is 2. The summed E-state index contributed by atoms with van der Waals surface area (Å²) >= 11 is 4.00. The SMILES string of the molecule is Cl.NCC(=O)N[C@@H](CC(=O)O)c1cc(I)cc(I)c1O.[HH]. The Labute approximate surface area is 150 Å². The second-order valence-corrected chi connectivity index (χ2v) is 6.16. The number of halogens is 3. The average Bonchev–Trinajstić information content (AvgIpc) is 2.32. The molecule has 1 rings (SSSR count). The Balaban J connectivity index is 0. The number of rotatable bonds is 5. The number of carboxylic acids is 1. The summed E-state index contributed by atoms with van der Waals surface area (Å²) < 4.78 is 1.43. The maximum Gasteiger partial charge on any atom is 0.305 e. The van der Waals surface area contributed by atoms with Crippen molar-refractivity contribution in [2.45, 2.75) is 12.5 Å². The molecule has 6 nitrogen and oxygen atoms in total. The monoisotopic (exact) mass is 528 g/mol. The van der Waals surface area contributed by atoms with Gasteiger partial charge in [-0.1, -0.05) is 0 Å². The van der Waals surface area contributed by atoms with E-state index in [0.29, 0.717) is 9.13 Å². The van der Waals surface area contributed by atoms with Crippen LogP contribution in [0, 0.1) is 7.14 Å². The molecule has 0 aliphatic carbocycles. The van der Waals surface area contributed by atoms with Gasteiger partial charge in [-0.25, -0.2) is 0 Å². The average molecular weight is 529 g/mol. The number of amides is 1. The van der Waals surface area contributed by atoms with Crippen molar-refractivity contribution in [3.63, 3.8) is 0 Å². The van der Waals surface area contributed by atoms with Gasteiger partial charge in [0.1, 0.15) is 5.75 Å². The van der Waals surface area contributed by atoms with Gasteiger partial charge in [-0.15, -0.1) is 12.4 Å². The first-order valence-electron chi connectivity index (χ1n) is 5.24. The zero-order chi connectivity index (χ0) is 14.6. The highest BCUT2D eigenvalue weighted by Gasteiger charge is 2.22. The van der Waals surface area contributed by atoms with Gasteiger partial charge in [-0.3, -0.25) is 9.59 Å². The number of phenolic OH excluding ortho intramolecular Hbond substituents is 1. The van der Waals surface area contributed by atoms with Gasteiger partial charge in [0.25, 0.3) is 0 Å². The number of aliphatic carboxylic acids is 1. The minimum Gasteiger partial charge on any atom is -0.506 e. The predicted octanol–water partition coefficient (Wildman–Crippen LogP) is 1.86. The summed E-state index contributed by atoms with van der Waals surface area (Å²) in [5, 5.41) is 21.4. The van der Waals surface area contributed by atoms with Crippen molar-refractivity contribution in [1.82, 2.24) is 5.32 Å². The van der Waals surface area contributed by atoms with E-state index in [1.54, 1.807) is 12.1 Å². The molecule has 5 N–H and O–H groups in total. The molecule has 0 heterocycles. The maximum atomic E-state index is 11.3. The van der Waals surface area contributed by atoms with E-state index in [2.05, 4.69) is 27.9 Å². The molecule has 0 fully saturated rings. The van der Waals surface area contributed by atoms with Gasteiger partial charge in [0.05, 0.1) is 22.6 Å². The number of hydrogen-bond acceptors (Lipinski definition) is 4. The number of carbonyl (C=O) groups excluding carboxylic acids is 1. The van der Waals surface area contributed by atoms with E-state index in [-0.39, 0.29) is 32.5 Å². The fraction of sp³-hybridized carbons (Fsp3) is 0.273. The number of aromatic hydroxyl groups is 1. The molecular formula is C11H15ClI2N2O4. The van der Waals surface area contributed by atoms with E-state index in [0.717, 1.165) is 3.57 Å². The Morgan fingerprint density at radius 1 is 1.40 bits per heavy atom. The van der Waals surface area contributed by atoms with Crippen molar-refractivity contribution in [3.05, 3.63) is 24.8 Å². The standard InChI is InChI=1S/C11H12I2N2O4.ClH.H2/c12-5-1-6(11(19)7(13)2-5)8(3-10(17)18)15-9(16)4-14;;/h1-2,8,19H,3-4,14H2,(H,15,16)(H,17,18);2*1H/t8-;;/m0../s1.